The Hall–Kier alpha value is -1.07. The highest BCUT2D eigenvalue weighted by Crippen LogP contribution is 2.22. The molecule has 1 aromatic rings. The van der Waals surface area contributed by atoms with Gasteiger partial charge in [-0.05, 0) is 63.5 Å². The average Bonchev–Trinajstić information content (AvgIpc) is 2.40. The van der Waals surface area contributed by atoms with Crippen molar-refractivity contribution < 1.29 is 9.90 Å². The van der Waals surface area contributed by atoms with E-state index >= 15 is 0 Å². The number of piperidine rings is 1. The van der Waals surface area contributed by atoms with Crippen LogP contribution >= 0.6 is 15.9 Å². The third kappa shape index (κ3) is 4.49. The first-order valence-electron chi connectivity index (χ1n) is 7.01. The number of hydrogen-bond acceptors (Lipinski definition) is 3. The first-order chi connectivity index (χ1) is 9.54. The van der Waals surface area contributed by atoms with E-state index in [1.807, 2.05) is 6.07 Å². The van der Waals surface area contributed by atoms with Crippen molar-refractivity contribution in [3.63, 3.8) is 0 Å². The van der Waals surface area contributed by atoms with E-state index in [-0.39, 0.29) is 0 Å². The number of likely N-dealkylation sites (tertiary alicyclic amines) is 1. The normalized spacial score (nSPS) is 17.1. The van der Waals surface area contributed by atoms with Crippen molar-refractivity contribution in [1.29, 1.82) is 0 Å². The van der Waals surface area contributed by atoms with Crippen LogP contribution in [0, 0.1) is 5.92 Å². The Balaban J connectivity index is 1.83. The van der Waals surface area contributed by atoms with E-state index in [4.69, 9.17) is 5.11 Å². The molecular formula is C15H21BrN2O2. The second kappa shape index (κ2) is 7.09. The Morgan fingerprint density at radius 2 is 2.10 bits per heavy atom. The Labute approximate surface area is 128 Å². The van der Waals surface area contributed by atoms with E-state index in [1.165, 1.54) is 25.9 Å². The number of nitrogens with zero attached hydrogens (tertiary/aromatic N) is 1. The topological polar surface area (TPSA) is 52.6 Å². The minimum atomic E-state index is -0.898. The Morgan fingerprint density at radius 1 is 1.40 bits per heavy atom. The molecule has 1 fully saturated rings. The number of aromatic carboxylic acids is 1. The zero-order chi connectivity index (χ0) is 14.5. The van der Waals surface area contributed by atoms with Gasteiger partial charge in [-0.15, -0.1) is 0 Å². The first-order valence-corrected chi connectivity index (χ1v) is 7.80. The fraction of sp³-hybridized carbons (Fsp3) is 0.533. The zero-order valence-corrected chi connectivity index (χ0v) is 13.3. The number of nitrogens with one attached hydrogen (secondary N) is 1. The molecule has 1 aliphatic rings. The number of hydrogen-bond donors (Lipinski definition) is 2. The van der Waals surface area contributed by atoms with Gasteiger partial charge in [-0.1, -0.05) is 15.9 Å². The van der Waals surface area contributed by atoms with Crippen molar-refractivity contribution >= 4 is 27.6 Å². The summed E-state index contributed by atoms with van der Waals surface area (Å²) in [7, 11) is 2.17. The maximum Gasteiger partial charge on any atom is 0.335 e. The summed E-state index contributed by atoms with van der Waals surface area (Å²) in [6.07, 6.45) is 3.66. The third-order valence-corrected chi connectivity index (χ3v) is 4.32. The van der Waals surface area contributed by atoms with Crippen molar-refractivity contribution in [2.45, 2.75) is 19.3 Å². The van der Waals surface area contributed by atoms with Crippen LogP contribution in [0.1, 0.15) is 29.6 Å². The maximum absolute atomic E-state index is 11.0. The van der Waals surface area contributed by atoms with Crippen molar-refractivity contribution in [2.24, 2.45) is 5.92 Å². The van der Waals surface area contributed by atoms with Gasteiger partial charge in [0, 0.05) is 16.7 Å². The summed E-state index contributed by atoms with van der Waals surface area (Å²) in [5, 5.41) is 12.4. The second-order valence-corrected chi connectivity index (χ2v) is 6.41. The summed E-state index contributed by atoms with van der Waals surface area (Å²) in [6.45, 7) is 3.26. The van der Waals surface area contributed by atoms with E-state index in [0.29, 0.717) is 5.56 Å². The van der Waals surface area contributed by atoms with Gasteiger partial charge >= 0.3 is 5.97 Å². The van der Waals surface area contributed by atoms with Crippen LogP contribution in [0.25, 0.3) is 0 Å². The molecule has 0 radical (unpaired) electrons. The van der Waals surface area contributed by atoms with E-state index in [9.17, 15) is 4.79 Å². The molecule has 0 bridgehead atoms. The third-order valence-electron chi connectivity index (χ3n) is 3.86. The first kappa shape index (κ1) is 15.3. The monoisotopic (exact) mass is 340 g/mol. The lowest BCUT2D eigenvalue weighted by Gasteiger charge is -2.29. The number of carbonyl (C=O) groups is 1. The standard InChI is InChI=1S/C15H21BrN2O2/c1-18-6-3-11(4-7-18)2-5-17-14-9-12(15(19)20)8-13(16)10-14/h8-11,17H,2-7H2,1H3,(H,19,20). The molecule has 0 atom stereocenters. The molecule has 1 saturated heterocycles. The number of carboxylic acid groups (broad SMARTS) is 1. The molecule has 0 saturated carbocycles. The number of carboxylic acids is 1. The Kier molecular flexibility index (Phi) is 5.43. The molecule has 110 valence electrons. The highest BCUT2D eigenvalue weighted by atomic mass is 79.9. The second-order valence-electron chi connectivity index (χ2n) is 5.50. The van der Waals surface area contributed by atoms with Crippen LogP contribution in [-0.4, -0.2) is 42.7 Å². The summed E-state index contributed by atoms with van der Waals surface area (Å²) >= 11 is 3.35. The number of anilines is 1. The summed E-state index contributed by atoms with van der Waals surface area (Å²) < 4.78 is 0.791. The van der Waals surface area contributed by atoms with Gasteiger partial charge in [0.2, 0.25) is 0 Å². The van der Waals surface area contributed by atoms with Gasteiger partial charge in [0.15, 0.2) is 0 Å². The van der Waals surface area contributed by atoms with E-state index in [2.05, 4.69) is 33.2 Å². The van der Waals surface area contributed by atoms with E-state index in [1.54, 1.807) is 12.1 Å². The molecule has 1 aliphatic heterocycles. The van der Waals surface area contributed by atoms with Gasteiger partial charge in [-0.25, -0.2) is 4.79 Å². The molecule has 5 heteroatoms. The van der Waals surface area contributed by atoms with Gasteiger partial charge in [-0.3, -0.25) is 0 Å². The Bertz CT molecular complexity index is 471. The lowest BCUT2D eigenvalue weighted by molar-refractivity contribution is 0.0697. The van der Waals surface area contributed by atoms with Crippen LogP contribution in [0.4, 0.5) is 5.69 Å². The summed E-state index contributed by atoms with van der Waals surface area (Å²) in [5.74, 6) is -0.116. The Morgan fingerprint density at radius 3 is 2.75 bits per heavy atom. The number of rotatable bonds is 5. The van der Waals surface area contributed by atoms with Gasteiger partial charge in [-0.2, -0.15) is 0 Å². The van der Waals surface area contributed by atoms with Gasteiger partial charge in [0.25, 0.3) is 0 Å². The maximum atomic E-state index is 11.0. The molecule has 1 aromatic carbocycles. The average molecular weight is 341 g/mol. The molecule has 4 nitrogen and oxygen atoms in total. The molecule has 20 heavy (non-hydrogen) atoms. The lowest BCUT2D eigenvalue weighted by atomic mass is 9.94. The minimum Gasteiger partial charge on any atom is -0.478 e. The molecule has 0 aromatic heterocycles. The van der Waals surface area contributed by atoms with Crippen LogP contribution in [0.3, 0.4) is 0 Å². The van der Waals surface area contributed by atoms with Gasteiger partial charge < -0.3 is 15.3 Å². The van der Waals surface area contributed by atoms with Crippen LogP contribution in [-0.2, 0) is 0 Å². The van der Waals surface area contributed by atoms with E-state index < -0.39 is 5.97 Å². The largest absolute Gasteiger partial charge is 0.478 e. The molecule has 0 amide bonds. The van der Waals surface area contributed by atoms with Crippen LogP contribution in [0.15, 0.2) is 22.7 Å². The fourth-order valence-corrected chi connectivity index (χ4v) is 3.08. The molecule has 0 unspecified atom stereocenters. The lowest BCUT2D eigenvalue weighted by Crippen LogP contribution is -2.30. The van der Waals surface area contributed by atoms with Gasteiger partial charge in [0.05, 0.1) is 5.56 Å². The van der Waals surface area contributed by atoms with Crippen molar-refractivity contribution in [1.82, 2.24) is 4.90 Å². The molecule has 0 spiro atoms. The molecule has 1 heterocycles. The quantitative estimate of drug-likeness (QED) is 0.863. The van der Waals surface area contributed by atoms with Crippen molar-refractivity contribution in [3.05, 3.63) is 28.2 Å². The molecule has 0 aliphatic carbocycles. The summed E-state index contributed by atoms with van der Waals surface area (Å²) in [6, 6.07) is 5.22. The fourth-order valence-electron chi connectivity index (χ4n) is 2.59. The smallest absolute Gasteiger partial charge is 0.335 e. The molecule has 2 rings (SSSR count). The SMILES string of the molecule is CN1CCC(CCNc2cc(Br)cc(C(=O)O)c2)CC1. The predicted molar refractivity (Wildman–Crippen MR) is 84.4 cm³/mol. The predicted octanol–water partition coefficient (Wildman–Crippen LogP) is 3.29. The summed E-state index contributed by atoms with van der Waals surface area (Å²) in [4.78, 5) is 13.4. The van der Waals surface area contributed by atoms with Crippen LogP contribution in [0.5, 0.6) is 0 Å². The van der Waals surface area contributed by atoms with Crippen LogP contribution < -0.4 is 5.32 Å². The molecular weight excluding hydrogens is 320 g/mol. The number of benzene rings is 1. The van der Waals surface area contributed by atoms with Gasteiger partial charge in [0.1, 0.15) is 0 Å². The van der Waals surface area contributed by atoms with E-state index in [0.717, 1.165) is 29.0 Å². The number of halogens is 1. The zero-order valence-electron chi connectivity index (χ0n) is 11.7. The molecule has 2 N–H and O–H groups in total. The van der Waals surface area contributed by atoms with Crippen molar-refractivity contribution in [2.75, 3.05) is 32.0 Å². The highest BCUT2D eigenvalue weighted by molar-refractivity contribution is 9.10. The minimum absolute atomic E-state index is 0.307. The van der Waals surface area contributed by atoms with Crippen LogP contribution in [0.2, 0.25) is 0 Å². The highest BCUT2D eigenvalue weighted by Gasteiger charge is 2.16. The van der Waals surface area contributed by atoms with Crippen molar-refractivity contribution in [3.8, 4) is 0 Å². The summed E-state index contributed by atoms with van der Waals surface area (Å²) in [5.41, 5.74) is 1.17.